The van der Waals surface area contributed by atoms with E-state index >= 15 is 0 Å². The highest BCUT2D eigenvalue weighted by atomic mass is 127. The molecule has 1 aromatic rings. The maximum Gasteiger partial charge on any atom is 0.410 e. The highest BCUT2D eigenvalue weighted by Gasteiger charge is 2.34. The second-order valence-corrected chi connectivity index (χ2v) is 9.08. The van der Waals surface area contributed by atoms with Gasteiger partial charge in [-0.25, -0.2) is 9.78 Å². The van der Waals surface area contributed by atoms with Gasteiger partial charge in [0.25, 0.3) is 0 Å². The molecule has 3 rings (SSSR count). The lowest BCUT2D eigenvalue weighted by Gasteiger charge is -2.40. The van der Waals surface area contributed by atoms with Crippen LogP contribution in [0.15, 0.2) is 23.3 Å². The molecule has 1 amide bonds. The van der Waals surface area contributed by atoms with Crippen LogP contribution in [0.4, 0.5) is 10.6 Å². The number of nitrogens with one attached hydrogen (secondary N) is 2. The predicted octanol–water partition coefficient (Wildman–Crippen LogP) is 3.36. The number of anilines is 1. The molecule has 3 heterocycles. The third kappa shape index (κ3) is 8.01. The number of rotatable bonds is 4. The molecular formula is C22H37IN6O2. The molecule has 2 aliphatic rings. The van der Waals surface area contributed by atoms with Gasteiger partial charge in [-0.2, -0.15) is 0 Å². The van der Waals surface area contributed by atoms with Gasteiger partial charge < -0.3 is 25.2 Å². The van der Waals surface area contributed by atoms with Crippen molar-refractivity contribution in [3.05, 3.63) is 23.9 Å². The monoisotopic (exact) mass is 544 g/mol. The Morgan fingerprint density at radius 2 is 1.87 bits per heavy atom. The van der Waals surface area contributed by atoms with E-state index in [1.807, 2.05) is 27.0 Å². The Labute approximate surface area is 203 Å². The number of halogens is 1. The summed E-state index contributed by atoms with van der Waals surface area (Å²) in [6.45, 7) is 9.70. The standard InChI is InChI=1S/C22H36N6O2.HI/c1-22(2,3)30-21(29)28-15-18(16-28)26-20(23-4)25-14-17-9-10-19(24-13-17)27-11-7-5-6-8-12-27;/h9-10,13,18H,5-8,11-12,14-16H2,1-4H3,(H2,23,25,26);1H. The van der Waals surface area contributed by atoms with Crippen molar-refractivity contribution < 1.29 is 9.53 Å². The molecule has 8 nitrogen and oxygen atoms in total. The van der Waals surface area contributed by atoms with E-state index in [0.29, 0.717) is 19.6 Å². The van der Waals surface area contributed by atoms with E-state index in [1.165, 1.54) is 25.7 Å². The fourth-order valence-corrected chi connectivity index (χ4v) is 3.63. The van der Waals surface area contributed by atoms with Crippen LogP contribution < -0.4 is 15.5 Å². The normalized spacial score (nSPS) is 17.9. The summed E-state index contributed by atoms with van der Waals surface area (Å²) in [5.41, 5.74) is 0.643. The second kappa shape index (κ2) is 11.7. The average Bonchev–Trinajstić information content (AvgIpc) is 2.95. The lowest BCUT2D eigenvalue weighted by molar-refractivity contribution is 0.00701. The Kier molecular flexibility index (Phi) is 9.64. The van der Waals surface area contributed by atoms with Gasteiger partial charge in [-0.05, 0) is 45.2 Å². The molecule has 174 valence electrons. The highest BCUT2D eigenvalue weighted by molar-refractivity contribution is 14.0. The zero-order chi connectivity index (χ0) is 21.6. The van der Waals surface area contributed by atoms with Crippen LogP contribution in [0.1, 0.15) is 52.0 Å². The number of aliphatic imine (C=N–C) groups is 1. The number of hydrogen-bond acceptors (Lipinski definition) is 5. The molecule has 0 aromatic carbocycles. The Bertz CT molecular complexity index is 721. The van der Waals surface area contributed by atoms with Crippen LogP contribution in [-0.2, 0) is 11.3 Å². The van der Waals surface area contributed by atoms with Gasteiger partial charge in [-0.15, -0.1) is 24.0 Å². The predicted molar refractivity (Wildman–Crippen MR) is 135 cm³/mol. The number of amides is 1. The number of nitrogens with zero attached hydrogens (tertiary/aromatic N) is 4. The van der Waals surface area contributed by atoms with Crippen LogP contribution in [0.2, 0.25) is 0 Å². The Hall–Kier alpha value is -1.78. The summed E-state index contributed by atoms with van der Waals surface area (Å²) in [6, 6.07) is 4.41. The molecule has 31 heavy (non-hydrogen) atoms. The molecule has 0 bridgehead atoms. The highest BCUT2D eigenvalue weighted by Crippen LogP contribution is 2.18. The average molecular weight is 544 g/mol. The molecule has 2 aliphatic heterocycles. The second-order valence-electron chi connectivity index (χ2n) is 9.08. The first-order chi connectivity index (χ1) is 14.3. The molecule has 2 N–H and O–H groups in total. The van der Waals surface area contributed by atoms with Crippen molar-refractivity contribution in [2.75, 3.05) is 38.1 Å². The van der Waals surface area contributed by atoms with Crippen LogP contribution in [0.3, 0.4) is 0 Å². The molecule has 0 unspecified atom stereocenters. The van der Waals surface area contributed by atoms with E-state index in [1.54, 1.807) is 11.9 Å². The van der Waals surface area contributed by atoms with Crippen molar-refractivity contribution in [1.29, 1.82) is 0 Å². The van der Waals surface area contributed by atoms with Crippen molar-refractivity contribution >= 4 is 41.8 Å². The third-order valence-corrected chi connectivity index (χ3v) is 5.30. The Morgan fingerprint density at radius 1 is 1.19 bits per heavy atom. The molecule has 2 saturated heterocycles. The van der Waals surface area contributed by atoms with E-state index in [-0.39, 0.29) is 36.1 Å². The van der Waals surface area contributed by atoms with Crippen LogP contribution >= 0.6 is 24.0 Å². The number of hydrogen-bond donors (Lipinski definition) is 2. The number of aromatic nitrogens is 1. The molecule has 0 atom stereocenters. The summed E-state index contributed by atoms with van der Waals surface area (Å²) in [4.78, 5) is 25.1. The molecule has 0 saturated carbocycles. The maximum absolute atomic E-state index is 12.0. The summed E-state index contributed by atoms with van der Waals surface area (Å²) >= 11 is 0. The van der Waals surface area contributed by atoms with Gasteiger partial charge in [0, 0.05) is 46.0 Å². The maximum atomic E-state index is 12.0. The van der Waals surface area contributed by atoms with Gasteiger partial charge in [0.05, 0.1) is 6.04 Å². The number of guanidine groups is 1. The lowest BCUT2D eigenvalue weighted by atomic mass is 10.1. The summed E-state index contributed by atoms with van der Waals surface area (Å²) < 4.78 is 5.39. The van der Waals surface area contributed by atoms with Crippen molar-refractivity contribution in [1.82, 2.24) is 20.5 Å². The topological polar surface area (TPSA) is 82.1 Å². The van der Waals surface area contributed by atoms with Crippen molar-refractivity contribution in [3.8, 4) is 0 Å². The first-order valence-corrected chi connectivity index (χ1v) is 11.0. The van der Waals surface area contributed by atoms with E-state index < -0.39 is 5.60 Å². The minimum absolute atomic E-state index is 0. The Balaban J connectivity index is 0.00000341. The summed E-state index contributed by atoms with van der Waals surface area (Å²) in [5, 5.41) is 6.68. The zero-order valence-corrected chi connectivity index (χ0v) is 21.5. The third-order valence-electron chi connectivity index (χ3n) is 5.30. The molecule has 9 heteroatoms. The quantitative estimate of drug-likeness (QED) is 0.344. The first-order valence-electron chi connectivity index (χ1n) is 11.0. The number of carbonyl (C=O) groups is 1. The van der Waals surface area contributed by atoms with Crippen LogP contribution in [0.5, 0.6) is 0 Å². The van der Waals surface area contributed by atoms with E-state index in [2.05, 4.69) is 37.6 Å². The first kappa shape index (κ1) is 25.5. The molecule has 0 spiro atoms. The Morgan fingerprint density at radius 3 is 2.42 bits per heavy atom. The molecule has 0 radical (unpaired) electrons. The zero-order valence-electron chi connectivity index (χ0n) is 19.2. The molecule has 2 fully saturated rings. The van der Waals surface area contributed by atoms with Crippen LogP contribution in [0.25, 0.3) is 0 Å². The summed E-state index contributed by atoms with van der Waals surface area (Å²) in [5.74, 6) is 1.79. The van der Waals surface area contributed by atoms with Gasteiger partial charge in [-0.1, -0.05) is 18.9 Å². The lowest BCUT2D eigenvalue weighted by Crippen LogP contribution is -2.63. The van der Waals surface area contributed by atoms with E-state index in [0.717, 1.165) is 30.4 Å². The number of carbonyl (C=O) groups excluding carboxylic acids is 1. The van der Waals surface area contributed by atoms with Gasteiger partial charge in [-0.3, -0.25) is 4.99 Å². The van der Waals surface area contributed by atoms with Crippen molar-refractivity contribution in [3.63, 3.8) is 0 Å². The molecule has 0 aliphatic carbocycles. The van der Waals surface area contributed by atoms with Gasteiger partial charge in [0.15, 0.2) is 5.96 Å². The number of likely N-dealkylation sites (tertiary alicyclic amines) is 1. The molecule has 1 aromatic heterocycles. The van der Waals surface area contributed by atoms with Gasteiger partial charge in [0.2, 0.25) is 0 Å². The van der Waals surface area contributed by atoms with Crippen LogP contribution in [0, 0.1) is 0 Å². The molecular weight excluding hydrogens is 507 g/mol. The SMILES string of the molecule is CN=C(NCc1ccc(N2CCCCCC2)nc1)NC1CN(C(=O)OC(C)(C)C)C1.I. The van der Waals surface area contributed by atoms with E-state index in [4.69, 9.17) is 4.74 Å². The minimum Gasteiger partial charge on any atom is -0.444 e. The smallest absolute Gasteiger partial charge is 0.410 e. The minimum atomic E-state index is -0.468. The largest absolute Gasteiger partial charge is 0.444 e. The fraction of sp³-hybridized carbons (Fsp3) is 0.682. The fourth-order valence-electron chi connectivity index (χ4n) is 3.63. The van der Waals surface area contributed by atoms with Crippen molar-refractivity contribution in [2.45, 2.75) is 64.6 Å². The van der Waals surface area contributed by atoms with Gasteiger partial charge >= 0.3 is 6.09 Å². The number of pyridine rings is 1. The summed E-state index contributed by atoms with van der Waals surface area (Å²) in [6.07, 6.45) is 6.81. The van der Waals surface area contributed by atoms with Crippen LogP contribution in [-0.4, -0.2) is 66.8 Å². The van der Waals surface area contributed by atoms with Crippen molar-refractivity contribution in [2.24, 2.45) is 4.99 Å². The van der Waals surface area contributed by atoms with E-state index in [9.17, 15) is 4.79 Å². The number of ether oxygens (including phenoxy) is 1. The summed E-state index contributed by atoms with van der Waals surface area (Å²) in [7, 11) is 1.75. The van der Waals surface area contributed by atoms with Gasteiger partial charge in [0.1, 0.15) is 11.4 Å².